The molecule has 0 fully saturated rings. The number of carbonyl (C=O) groups excluding carboxylic acids is 1. The van der Waals surface area contributed by atoms with Crippen molar-refractivity contribution in [3.05, 3.63) is 0 Å². The molecule has 9 nitrogen and oxygen atoms in total. The van der Waals surface area contributed by atoms with Gasteiger partial charge in [0.05, 0.1) is 13.0 Å². The molecule has 0 bridgehead atoms. The third kappa shape index (κ3) is 5.63. The van der Waals surface area contributed by atoms with E-state index in [-0.39, 0.29) is 17.9 Å². The molecular formula is C11H20N6O3. The maximum atomic E-state index is 11.6. The van der Waals surface area contributed by atoms with E-state index in [4.69, 9.17) is 5.11 Å². The first kappa shape index (κ1) is 15.9. The number of hydrogen-bond donors (Lipinski definition) is 3. The number of anilines is 1. The van der Waals surface area contributed by atoms with Gasteiger partial charge in [-0.05, 0) is 17.0 Å². The highest BCUT2D eigenvalue weighted by Crippen LogP contribution is 2.24. The molecule has 3 N–H and O–H groups in total. The summed E-state index contributed by atoms with van der Waals surface area (Å²) in [5, 5.41) is 24.9. The van der Waals surface area contributed by atoms with Crippen molar-refractivity contribution in [3.63, 3.8) is 0 Å². The Balaban J connectivity index is 2.46. The van der Waals surface area contributed by atoms with Gasteiger partial charge < -0.3 is 10.4 Å². The van der Waals surface area contributed by atoms with Gasteiger partial charge in [-0.15, -0.1) is 5.10 Å². The van der Waals surface area contributed by atoms with E-state index in [0.717, 1.165) is 0 Å². The van der Waals surface area contributed by atoms with Crippen LogP contribution in [0.4, 0.5) is 10.7 Å². The van der Waals surface area contributed by atoms with Gasteiger partial charge in [0.25, 0.3) is 5.95 Å². The van der Waals surface area contributed by atoms with Crippen LogP contribution in [0.3, 0.4) is 0 Å². The zero-order chi connectivity index (χ0) is 15.3. The Kier molecular flexibility index (Phi) is 5.00. The molecule has 1 rings (SSSR count). The summed E-state index contributed by atoms with van der Waals surface area (Å²) < 4.78 is 0. The smallest absolute Gasteiger partial charge is 0.321 e. The molecule has 0 aliphatic carbocycles. The lowest BCUT2D eigenvalue weighted by Gasteiger charge is -2.23. The monoisotopic (exact) mass is 284 g/mol. The van der Waals surface area contributed by atoms with Crippen LogP contribution in [-0.4, -0.2) is 43.9 Å². The summed E-state index contributed by atoms with van der Waals surface area (Å²) >= 11 is 0. The van der Waals surface area contributed by atoms with Crippen LogP contribution >= 0.6 is 0 Å². The van der Waals surface area contributed by atoms with E-state index in [1.54, 1.807) is 7.05 Å². The molecule has 0 saturated heterocycles. The van der Waals surface area contributed by atoms with Crippen molar-refractivity contribution in [2.24, 2.45) is 18.4 Å². The Labute approximate surface area is 116 Å². The van der Waals surface area contributed by atoms with Gasteiger partial charge in [0, 0.05) is 6.54 Å². The minimum Gasteiger partial charge on any atom is -0.481 e. The highest BCUT2D eigenvalue weighted by molar-refractivity contribution is 5.87. The number of aromatic nitrogens is 4. The van der Waals surface area contributed by atoms with Gasteiger partial charge >= 0.3 is 12.0 Å². The molecule has 1 aromatic heterocycles. The highest BCUT2D eigenvalue weighted by atomic mass is 16.4. The van der Waals surface area contributed by atoms with Gasteiger partial charge in [-0.1, -0.05) is 25.9 Å². The summed E-state index contributed by atoms with van der Waals surface area (Å²) in [5.74, 6) is -1.51. The molecule has 1 unspecified atom stereocenters. The van der Waals surface area contributed by atoms with Gasteiger partial charge in [0.1, 0.15) is 0 Å². The fraction of sp³-hybridized carbons (Fsp3) is 0.727. The molecule has 112 valence electrons. The van der Waals surface area contributed by atoms with Crippen molar-refractivity contribution in [1.82, 2.24) is 25.5 Å². The van der Waals surface area contributed by atoms with E-state index < -0.39 is 17.9 Å². The molecular weight excluding hydrogens is 264 g/mol. The van der Waals surface area contributed by atoms with E-state index in [9.17, 15) is 9.59 Å². The van der Waals surface area contributed by atoms with Crippen LogP contribution in [0.2, 0.25) is 0 Å². The van der Waals surface area contributed by atoms with Crippen molar-refractivity contribution >= 4 is 17.9 Å². The standard InChI is InChI=1S/C11H20N6O3/c1-11(2,3)5-7(8(18)19)6-12-10(20)13-9-14-16-17(4)15-9/h7H,5-6H2,1-4H3,(H,18,19)(H2,12,13,15,20). The number of nitrogens with zero attached hydrogens (tertiary/aromatic N) is 4. The molecule has 1 heterocycles. The van der Waals surface area contributed by atoms with Crippen LogP contribution in [0.1, 0.15) is 27.2 Å². The predicted molar refractivity (Wildman–Crippen MR) is 71.0 cm³/mol. The molecule has 0 saturated carbocycles. The number of aliphatic carboxylic acids is 1. The molecule has 1 aromatic rings. The van der Waals surface area contributed by atoms with Crippen molar-refractivity contribution in [3.8, 4) is 0 Å². The topological polar surface area (TPSA) is 122 Å². The number of amides is 2. The fourth-order valence-electron chi connectivity index (χ4n) is 1.68. The lowest BCUT2D eigenvalue weighted by molar-refractivity contribution is -0.142. The average Bonchev–Trinajstić information content (AvgIpc) is 2.68. The van der Waals surface area contributed by atoms with Gasteiger partial charge in [0.2, 0.25) is 0 Å². The maximum Gasteiger partial charge on any atom is 0.321 e. The first-order chi connectivity index (χ1) is 9.17. The van der Waals surface area contributed by atoms with Gasteiger partial charge in [0.15, 0.2) is 0 Å². The highest BCUT2D eigenvalue weighted by Gasteiger charge is 2.25. The largest absolute Gasteiger partial charge is 0.481 e. The number of carboxylic acid groups (broad SMARTS) is 1. The van der Waals surface area contributed by atoms with Gasteiger partial charge in [-0.25, -0.2) is 4.79 Å². The quantitative estimate of drug-likeness (QED) is 0.722. The first-order valence-corrected chi connectivity index (χ1v) is 6.19. The summed E-state index contributed by atoms with van der Waals surface area (Å²) in [6, 6.07) is -0.557. The zero-order valence-corrected chi connectivity index (χ0v) is 12.0. The van der Waals surface area contributed by atoms with Crippen molar-refractivity contribution in [2.45, 2.75) is 27.2 Å². The van der Waals surface area contributed by atoms with Crippen molar-refractivity contribution in [2.75, 3.05) is 11.9 Å². The third-order valence-electron chi connectivity index (χ3n) is 2.45. The molecule has 0 spiro atoms. The fourth-order valence-corrected chi connectivity index (χ4v) is 1.68. The van der Waals surface area contributed by atoms with Crippen LogP contribution in [0.25, 0.3) is 0 Å². The van der Waals surface area contributed by atoms with E-state index in [1.807, 2.05) is 20.8 Å². The number of rotatable bonds is 5. The number of aryl methyl sites for hydroxylation is 1. The summed E-state index contributed by atoms with van der Waals surface area (Å²) in [7, 11) is 1.57. The Morgan fingerprint density at radius 2 is 2.05 bits per heavy atom. The number of urea groups is 1. The van der Waals surface area contributed by atoms with Crippen LogP contribution in [0.5, 0.6) is 0 Å². The second-order valence-electron chi connectivity index (χ2n) is 5.74. The predicted octanol–water partition coefficient (Wildman–Crippen LogP) is 0.469. The second kappa shape index (κ2) is 6.31. The second-order valence-corrected chi connectivity index (χ2v) is 5.74. The minimum absolute atomic E-state index is 0.0404. The molecule has 20 heavy (non-hydrogen) atoms. The number of tetrazole rings is 1. The summed E-state index contributed by atoms with van der Waals surface area (Å²) in [6.07, 6.45) is 0.464. The third-order valence-corrected chi connectivity index (χ3v) is 2.45. The van der Waals surface area contributed by atoms with Crippen LogP contribution in [0, 0.1) is 11.3 Å². The van der Waals surface area contributed by atoms with E-state index >= 15 is 0 Å². The summed E-state index contributed by atoms with van der Waals surface area (Å²) in [4.78, 5) is 23.9. The van der Waals surface area contributed by atoms with Crippen LogP contribution < -0.4 is 10.6 Å². The Hall–Kier alpha value is -2.19. The zero-order valence-electron chi connectivity index (χ0n) is 12.0. The maximum absolute atomic E-state index is 11.6. The minimum atomic E-state index is -0.933. The van der Waals surface area contributed by atoms with Crippen LogP contribution in [0.15, 0.2) is 0 Å². The van der Waals surface area contributed by atoms with E-state index in [2.05, 4.69) is 26.0 Å². The first-order valence-electron chi connectivity index (χ1n) is 6.19. The van der Waals surface area contributed by atoms with Crippen molar-refractivity contribution < 1.29 is 14.7 Å². The molecule has 1 atom stereocenters. The normalized spacial score (nSPS) is 12.8. The number of hydrogen-bond acceptors (Lipinski definition) is 5. The molecule has 0 aliphatic heterocycles. The molecule has 0 radical (unpaired) electrons. The Morgan fingerprint density at radius 1 is 1.40 bits per heavy atom. The SMILES string of the molecule is Cn1nnc(NC(=O)NCC(CC(C)(C)C)C(=O)O)n1. The lowest BCUT2D eigenvalue weighted by Crippen LogP contribution is -2.37. The summed E-state index contributed by atoms with van der Waals surface area (Å²) in [5.41, 5.74) is -0.131. The summed E-state index contributed by atoms with van der Waals surface area (Å²) in [6.45, 7) is 5.89. The lowest BCUT2D eigenvalue weighted by atomic mass is 9.84. The Morgan fingerprint density at radius 3 is 2.50 bits per heavy atom. The molecule has 0 aliphatic rings. The Bertz CT molecular complexity index is 479. The van der Waals surface area contributed by atoms with Crippen LogP contribution in [-0.2, 0) is 11.8 Å². The molecule has 2 amide bonds. The van der Waals surface area contributed by atoms with Crippen molar-refractivity contribution in [1.29, 1.82) is 0 Å². The molecule has 0 aromatic carbocycles. The molecule has 9 heteroatoms. The van der Waals surface area contributed by atoms with E-state index in [0.29, 0.717) is 6.42 Å². The number of nitrogens with one attached hydrogen (secondary N) is 2. The number of carboxylic acids is 1. The van der Waals surface area contributed by atoms with Gasteiger partial charge in [-0.2, -0.15) is 4.80 Å². The average molecular weight is 284 g/mol. The van der Waals surface area contributed by atoms with Gasteiger partial charge in [-0.3, -0.25) is 10.1 Å². The number of carbonyl (C=O) groups is 2. The van der Waals surface area contributed by atoms with E-state index in [1.165, 1.54) is 4.80 Å².